The highest BCUT2D eigenvalue weighted by Crippen LogP contribution is 2.27. The van der Waals surface area contributed by atoms with E-state index >= 15 is 0 Å². The molecule has 0 saturated carbocycles. The van der Waals surface area contributed by atoms with Crippen LogP contribution in [0.1, 0.15) is 21.9 Å². The molecule has 5 heteroatoms. The Labute approximate surface area is 110 Å². The van der Waals surface area contributed by atoms with Gasteiger partial charge in [0.1, 0.15) is 18.3 Å². The van der Waals surface area contributed by atoms with Gasteiger partial charge in [0.2, 0.25) is 0 Å². The SMILES string of the molecule is COc1ccccc1OCc1cc(C)c(C(=O)[O-])o1. The maximum atomic E-state index is 10.7. The van der Waals surface area contributed by atoms with Gasteiger partial charge in [-0.1, -0.05) is 12.1 Å². The van der Waals surface area contributed by atoms with Crippen LogP contribution in [0.15, 0.2) is 34.7 Å². The van der Waals surface area contributed by atoms with Gasteiger partial charge in [0, 0.05) is 0 Å². The monoisotopic (exact) mass is 261 g/mol. The summed E-state index contributed by atoms with van der Waals surface area (Å²) < 4.78 is 15.8. The summed E-state index contributed by atoms with van der Waals surface area (Å²) in [6.07, 6.45) is 0. The van der Waals surface area contributed by atoms with Crippen molar-refractivity contribution in [2.24, 2.45) is 0 Å². The van der Waals surface area contributed by atoms with E-state index in [-0.39, 0.29) is 12.4 Å². The Morgan fingerprint density at radius 1 is 1.32 bits per heavy atom. The Morgan fingerprint density at radius 3 is 2.58 bits per heavy atom. The Kier molecular flexibility index (Phi) is 3.75. The van der Waals surface area contributed by atoms with Crippen molar-refractivity contribution in [3.05, 3.63) is 47.4 Å². The summed E-state index contributed by atoms with van der Waals surface area (Å²) in [5.74, 6) is 0.0854. The molecule has 2 aromatic rings. The zero-order valence-electron chi connectivity index (χ0n) is 10.6. The number of aryl methyl sites for hydroxylation is 1. The number of carbonyl (C=O) groups is 1. The topological polar surface area (TPSA) is 71.7 Å². The summed E-state index contributed by atoms with van der Waals surface area (Å²) in [5.41, 5.74) is 0.513. The first-order valence-corrected chi connectivity index (χ1v) is 5.68. The number of carbonyl (C=O) groups excluding carboxylic acids is 1. The Hall–Kier alpha value is -2.43. The number of rotatable bonds is 5. The van der Waals surface area contributed by atoms with Crippen molar-refractivity contribution < 1.29 is 23.8 Å². The predicted molar refractivity (Wildman–Crippen MR) is 65.1 cm³/mol. The molecule has 0 bridgehead atoms. The number of ether oxygens (including phenoxy) is 2. The van der Waals surface area contributed by atoms with E-state index in [1.54, 1.807) is 32.2 Å². The lowest BCUT2D eigenvalue weighted by Crippen LogP contribution is -2.22. The van der Waals surface area contributed by atoms with E-state index in [1.165, 1.54) is 0 Å². The van der Waals surface area contributed by atoms with Crippen molar-refractivity contribution in [1.29, 1.82) is 0 Å². The van der Waals surface area contributed by atoms with E-state index < -0.39 is 5.97 Å². The maximum Gasteiger partial charge on any atom is 0.161 e. The van der Waals surface area contributed by atoms with Gasteiger partial charge in [-0.05, 0) is 30.7 Å². The molecular formula is C14H13O5-. The number of furan rings is 1. The molecule has 0 atom stereocenters. The third kappa shape index (κ3) is 2.88. The molecule has 0 saturated heterocycles. The Morgan fingerprint density at radius 2 is 2.00 bits per heavy atom. The Balaban J connectivity index is 2.10. The van der Waals surface area contributed by atoms with E-state index in [9.17, 15) is 9.90 Å². The summed E-state index contributed by atoms with van der Waals surface area (Å²) in [4.78, 5) is 10.7. The summed E-state index contributed by atoms with van der Waals surface area (Å²) in [5, 5.41) is 10.7. The smallest absolute Gasteiger partial charge is 0.161 e. The van der Waals surface area contributed by atoms with Crippen LogP contribution in [0.25, 0.3) is 0 Å². The average Bonchev–Trinajstić information content (AvgIpc) is 2.78. The summed E-state index contributed by atoms with van der Waals surface area (Å²) in [6, 6.07) is 8.79. The first-order valence-electron chi connectivity index (χ1n) is 5.68. The van der Waals surface area contributed by atoms with E-state index in [4.69, 9.17) is 13.9 Å². The van der Waals surface area contributed by atoms with Crippen LogP contribution in [0.5, 0.6) is 11.5 Å². The van der Waals surface area contributed by atoms with Gasteiger partial charge in [-0.15, -0.1) is 0 Å². The molecule has 0 aliphatic heterocycles. The summed E-state index contributed by atoms with van der Waals surface area (Å²) >= 11 is 0. The molecule has 1 heterocycles. The number of benzene rings is 1. The molecule has 0 aliphatic carbocycles. The fourth-order valence-electron chi connectivity index (χ4n) is 1.71. The van der Waals surface area contributed by atoms with Gasteiger partial charge in [0.25, 0.3) is 0 Å². The highest BCUT2D eigenvalue weighted by Gasteiger charge is 2.10. The molecule has 0 unspecified atom stereocenters. The van der Waals surface area contributed by atoms with Gasteiger partial charge in [-0.2, -0.15) is 0 Å². The first kappa shape index (κ1) is 13.0. The fraction of sp³-hybridized carbons (Fsp3) is 0.214. The first-order chi connectivity index (χ1) is 9.11. The van der Waals surface area contributed by atoms with Gasteiger partial charge in [-0.25, -0.2) is 0 Å². The molecule has 1 aromatic heterocycles. The van der Waals surface area contributed by atoms with Crippen molar-refractivity contribution >= 4 is 5.97 Å². The summed E-state index contributed by atoms with van der Waals surface area (Å²) in [6.45, 7) is 1.76. The van der Waals surface area contributed by atoms with E-state index in [2.05, 4.69) is 0 Å². The molecule has 2 rings (SSSR count). The minimum absolute atomic E-state index is 0.120. The molecule has 0 radical (unpaired) electrons. The zero-order valence-corrected chi connectivity index (χ0v) is 10.6. The number of aromatic carboxylic acids is 1. The number of methoxy groups -OCH3 is 1. The van der Waals surface area contributed by atoms with Crippen molar-refractivity contribution in [3.63, 3.8) is 0 Å². The number of carboxylic acid groups (broad SMARTS) is 1. The largest absolute Gasteiger partial charge is 0.542 e. The van der Waals surface area contributed by atoms with E-state index in [1.807, 2.05) is 12.1 Å². The predicted octanol–water partition coefficient (Wildman–Crippen LogP) is 1.54. The number of para-hydroxylation sites is 2. The Bertz CT molecular complexity index is 585. The highest BCUT2D eigenvalue weighted by atomic mass is 16.5. The maximum absolute atomic E-state index is 10.7. The van der Waals surface area contributed by atoms with Gasteiger partial charge >= 0.3 is 0 Å². The number of hydrogen-bond donors (Lipinski definition) is 0. The fourth-order valence-corrected chi connectivity index (χ4v) is 1.71. The molecule has 100 valence electrons. The van der Waals surface area contributed by atoms with Crippen molar-refractivity contribution in [3.8, 4) is 11.5 Å². The minimum atomic E-state index is -1.33. The number of hydrogen-bond acceptors (Lipinski definition) is 5. The molecule has 0 amide bonds. The quantitative estimate of drug-likeness (QED) is 0.816. The molecule has 0 N–H and O–H groups in total. The van der Waals surface area contributed by atoms with Gasteiger partial charge < -0.3 is 23.8 Å². The molecule has 0 spiro atoms. The second-order valence-electron chi connectivity index (χ2n) is 3.95. The van der Waals surface area contributed by atoms with E-state index in [0.717, 1.165) is 0 Å². The van der Waals surface area contributed by atoms with Crippen LogP contribution in [0.4, 0.5) is 0 Å². The van der Waals surface area contributed by atoms with Crippen LogP contribution in [0, 0.1) is 6.92 Å². The lowest BCUT2D eigenvalue weighted by Gasteiger charge is -2.08. The van der Waals surface area contributed by atoms with Crippen LogP contribution in [0.2, 0.25) is 0 Å². The van der Waals surface area contributed by atoms with Crippen molar-refractivity contribution in [2.45, 2.75) is 13.5 Å². The van der Waals surface area contributed by atoms with Crippen LogP contribution < -0.4 is 14.6 Å². The average molecular weight is 261 g/mol. The molecule has 0 aliphatic rings. The van der Waals surface area contributed by atoms with Crippen LogP contribution in [0.3, 0.4) is 0 Å². The van der Waals surface area contributed by atoms with Crippen LogP contribution >= 0.6 is 0 Å². The molecule has 19 heavy (non-hydrogen) atoms. The lowest BCUT2D eigenvalue weighted by atomic mass is 10.2. The zero-order chi connectivity index (χ0) is 13.8. The minimum Gasteiger partial charge on any atom is -0.542 e. The number of carboxylic acids is 1. The van der Waals surface area contributed by atoms with Crippen LogP contribution in [-0.4, -0.2) is 13.1 Å². The van der Waals surface area contributed by atoms with Gasteiger partial charge in [0.15, 0.2) is 17.3 Å². The van der Waals surface area contributed by atoms with Gasteiger partial charge in [0.05, 0.1) is 7.11 Å². The van der Waals surface area contributed by atoms with Crippen molar-refractivity contribution in [2.75, 3.05) is 7.11 Å². The third-order valence-corrected chi connectivity index (χ3v) is 2.59. The highest BCUT2D eigenvalue weighted by molar-refractivity contribution is 5.84. The molecule has 1 aromatic carbocycles. The standard InChI is InChI=1S/C14H14O5/c1-9-7-10(19-13(9)14(15)16)8-18-12-6-4-3-5-11(12)17-2/h3-7H,8H2,1-2H3,(H,15,16)/p-1. The van der Waals surface area contributed by atoms with Crippen molar-refractivity contribution in [1.82, 2.24) is 0 Å². The molecular weight excluding hydrogens is 248 g/mol. The third-order valence-electron chi connectivity index (χ3n) is 2.59. The lowest BCUT2D eigenvalue weighted by molar-refractivity contribution is -0.257. The van der Waals surface area contributed by atoms with Crippen LogP contribution in [-0.2, 0) is 6.61 Å². The van der Waals surface area contributed by atoms with E-state index in [0.29, 0.717) is 22.8 Å². The summed E-state index contributed by atoms with van der Waals surface area (Å²) in [7, 11) is 1.55. The molecule has 5 nitrogen and oxygen atoms in total. The molecule has 0 fully saturated rings. The van der Waals surface area contributed by atoms with Gasteiger partial charge in [-0.3, -0.25) is 0 Å². The second-order valence-corrected chi connectivity index (χ2v) is 3.95. The normalized spacial score (nSPS) is 10.2. The second kappa shape index (κ2) is 5.48.